The van der Waals surface area contributed by atoms with Crippen molar-refractivity contribution in [3.63, 3.8) is 0 Å². The third kappa shape index (κ3) is 3.33. The van der Waals surface area contributed by atoms with Crippen molar-refractivity contribution >= 4 is 11.8 Å². The zero-order valence-electron chi connectivity index (χ0n) is 8.18. The number of thioether (sulfide) groups is 1. The molecular formula is C9H20N2S. The molecule has 1 heterocycles. The Labute approximate surface area is 79.9 Å². The summed E-state index contributed by atoms with van der Waals surface area (Å²) in [6.07, 6.45) is 1.07. The van der Waals surface area contributed by atoms with E-state index in [4.69, 9.17) is 5.73 Å². The summed E-state index contributed by atoms with van der Waals surface area (Å²) in [4.78, 5) is 2.49. The molecule has 0 aliphatic carbocycles. The molecule has 1 atom stereocenters. The molecule has 0 aromatic carbocycles. The highest BCUT2D eigenvalue weighted by Crippen LogP contribution is 2.13. The first-order valence-corrected chi connectivity index (χ1v) is 5.88. The Morgan fingerprint density at radius 2 is 2.00 bits per heavy atom. The molecule has 3 heteroatoms. The smallest absolute Gasteiger partial charge is 0.0252 e. The van der Waals surface area contributed by atoms with Gasteiger partial charge in [0.1, 0.15) is 0 Å². The van der Waals surface area contributed by atoms with E-state index in [0.29, 0.717) is 0 Å². The number of nitrogens with zero attached hydrogens (tertiary/aromatic N) is 1. The van der Waals surface area contributed by atoms with Crippen molar-refractivity contribution in [2.45, 2.75) is 25.8 Å². The Hall–Kier alpha value is 0.270. The summed E-state index contributed by atoms with van der Waals surface area (Å²) in [5, 5.41) is 0. The normalized spacial score (nSPS) is 25.2. The maximum Gasteiger partial charge on any atom is 0.0252 e. The maximum atomic E-state index is 6.10. The van der Waals surface area contributed by atoms with Crippen LogP contribution in [0.2, 0.25) is 0 Å². The lowest BCUT2D eigenvalue weighted by atomic mass is 10.00. The van der Waals surface area contributed by atoms with Crippen LogP contribution < -0.4 is 5.73 Å². The van der Waals surface area contributed by atoms with Crippen LogP contribution in [-0.2, 0) is 0 Å². The molecule has 2 nitrogen and oxygen atoms in total. The fourth-order valence-corrected chi connectivity index (χ4v) is 2.36. The predicted molar refractivity (Wildman–Crippen MR) is 56.6 cm³/mol. The molecule has 0 bridgehead atoms. The second kappa shape index (κ2) is 4.49. The molecule has 1 unspecified atom stereocenters. The molecule has 0 amide bonds. The fraction of sp³-hybridized carbons (Fsp3) is 1.00. The molecule has 1 saturated heterocycles. The molecule has 12 heavy (non-hydrogen) atoms. The minimum Gasteiger partial charge on any atom is -0.324 e. The molecule has 0 aromatic rings. The molecule has 0 spiro atoms. The van der Waals surface area contributed by atoms with Gasteiger partial charge in [0, 0.05) is 36.7 Å². The zero-order valence-corrected chi connectivity index (χ0v) is 8.99. The monoisotopic (exact) mass is 188 g/mol. The molecule has 1 aliphatic rings. The molecule has 1 fully saturated rings. The Balaban J connectivity index is 2.28. The van der Waals surface area contributed by atoms with Gasteiger partial charge in [0.15, 0.2) is 0 Å². The highest BCUT2D eigenvalue weighted by atomic mass is 32.2. The van der Waals surface area contributed by atoms with E-state index >= 15 is 0 Å². The summed E-state index contributed by atoms with van der Waals surface area (Å²) in [7, 11) is 0. The fourth-order valence-electron chi connectivity index (χ4n) is 1.38. The van der Waals surface area contributed by atoms with Gasteiger partial charge in [-0.25, -0.2) is 0 Å². The van der Waals surface area contributed by atoms with Gasteiger partial charge in [-0.3, -0.25) is 4.90 Å². The highest BCUT2D eigenvalue weighted by molar-refractivity contribution is 7.99. The third-order valence-electron chi connectivity index (χ3n) is 2.50. The van der Waals surface area contributed by atoms with E-state index < -0.39 is 0 Å². The van der Waals surface area contributed by atoms with E-state index in [2.05, 4.69) is 18.7 Å². The van der Waals surface area contributed by atoms with Crippen molar-refractivity contribution in [3.05, 3.63) is 0 Å². The molecular weight excluding hydrogens is 168 g/mol. The molecule has 0 radical (unpaired) electrons. The minimum atomic E-state index is 0.0159. The SMILES string of the molecule is CCC(C)(N)CN1CCSCC1. The first kappa shape index (κ1) is 10.4. The van der Waals surface area contributed by atoms with E-state index in [-0.39, 0.29) is 5.54 Å². The van der Waals surface area contributed by atoms with Crippen molar-refractivity contribution in [2.24, 2.45) is 5.73 Å². The van der Waals surface area contributed by atoms with Crippen LogP contribution in [0.1, 0.15) is 20.3 Å². The Kier molecular flexibility index (Phi) is 3.87. The summed E-state index contributed by atoms with van der Waals surface area (Å²) < 4.78 is 0. The largest absolute Gasteiger partial charge is 0.324 e. The van der Waals surface area contributed by atoms with E-state index in [1.807, 2.05) is 11.8 Å². The van der Waals surface area contributed by atoms with Gasteiger partial charge in [-0.1, -0.05) is 6.92 Å². The Morgan fingerprint density at radius 1 is 1.42 bits per heavy atom. The summed E-state index contributed by atoms with van der Waals surface area (Å²) in [6, 6.07) is 0. The van der Waals surface area contributed by atoms with E-state index in [1.165, 1.54) is 24.6 Å². The second-order valence-corrected chi connectivity index (χ2v) is 5.12. The molecule has 1 rings (SSSR count). The van der Waals surface area contributed by atoms with Gasteiger partial charge < -0.3 is 5.73 Å². The topological polar surface area (TPSA) is 29.3 Å². The summed E-state index contributed by atoms with van der Waals surface area (Å²) in [6.45, 7) is 7.81. The number of rotatable bonds is 3. The standard InChI is InChI=1S/C9H20N2S/c1-3-9(2,10)8-11-4-6-12-7-5-11/h3-8,10H2,1-2H3. The number of hydrogen-bond acceptors (Lipinski definition) is 3. The van der Waals surface area contributed by atoms with Crippen molar-refractivity contribution in [3.8, 4) is 0 Å². The summed E-state index contributed by atoms with van der Waals surface area (Å²) in [5.74, 6) is 2.56. The first-order valence-electron chi connectivity index (χ1n) is 4.73. The average Bonchev–Trinajstić information content (AvgIpc) is 2.06. The average molecular weight is 188 g/mol. The lowest BCUT2D eigenvalue weighted by molar-refractivity contribution is 0.231. The predicted octanol–water partition coefficient (Wildman–Crippen LogP) is 1.16. The van der Waals surface area contributed by atoms with Crippen molar-refractivity contribution < 1.29 is 0 Å². The molecule has 1 aliphatic heterocycles. The highest BCUT2D eigenvalue weighted by Gasteiger charge is 2.21. The molecule has 2 N–H and O–H groups in total. The summed E-state index contributed by atoms with van der Waals surface area (Å²) in [5.41, 5.74) is 6.11. The number of nitrogens with two attached hydrogens (primary N) is 1. The van der Waals surface area contributed by atoms with Crippen LogP contribution in [0.5, 0.6) is 0 Å². The van der Waals surface area contributed by atoms with Gasteiger partial charge in [-0.15, -0.1) is 0 Å². The van der Waals surface area contributed by atoms with Crippen LogP contribution in [0.15, 0.2) is 0 Å². The quantitative estimate of drug-likeness (QED) is 0.721. The van der Waals surface area contributed by atoms with Crippen LogP contribution in [0.4, 0.5) is 0 Å². The van der Waals surface area contributed by atoms with Gasteiger partial charge in [0.2, 0.25) is 0 Å². The summed E-state index contributed by atoms with van der Waals surface area (Å²) >= 11 is 2.05. The third-order valence-corrected chi connectivity index (χ3v) is 3.44. The van der Waals surface area contributed by atoms with Gasteiger partial charge in [0.25, 0.3) is 0 Å². The van der Waals surface area contributed by atoms with Crippen LogP contribution >= 0.6 is 11.8 Å². The second-order valence-electron chi connectivity index (χ2n) is 3.90. The van der Waals surface area contributed by atoms with Crippen molar-refractivity contribution in [1.82, 2.24) is 4.90 Å². The van der Waals surface area contributed by atoms with Gasteiger partial charge in [-0.2, -0.15) is 11.8 Å². The van der Waals surface area contributed by atoms with Gasteiger partial charge in [-0.05, 0) is 13.3 Å². The molecule has 0 saturated carbocycles. The van der Waals surface area contributed by atoms with Crippen LogP contribution in [-0.4, -0.2) is 41.6 Å². The van der Waals surface area contributed by atoms with E-state index in [9.17, 15) is 0 Å². The van der Waals surface area contributed by atoms with E-state index in [1.54, 1.807) is 0 Å². The van der Waals surface area contributed by atoms with Crippen LogP contribution in [0, 0.1) is 0 Å². The maximum absolute atomic E-state index is 6.10. The molecule has 0 aromatic heterocycles. The number of hydrogen-bond donors (Lipinski definition) is 1. The van der Waals surface area contributed by atoms with Crippen LogP contribution in [0.3, 0.4) is 0 Å². The van der Waals surface area contributed by atoms with Crippen LogP contribution in [0.25, 0.3) is 0 Å². The molecule has 72 valence electrons. The Bertz CT molecular complexity index is 130. The van der Waals surface area contributed by atoms with Crippen molar-refractivity contribution in [2.75, 3.05) is 31.1 Å². The van der Waals surface area contributed by atoms with E-state index in [0.717, 1.165) is 13.0 Å². The zero-order chi connectivity index (χ0) is 9.03. The van der Waals surface area contributed by atoms with Gasteiger partial charge in [0.05, 0.1) is 0 Å². The van der Waals surface area contributed by atoms with Gasteiger partial charge >= 0.3 is 0 Å². The Morgan fingerprint density at radius 3 is 2.50 bits per heavy atom. The lowest BCUT2D eigenvalue weighted by Gasteiger charge is -2.33. The van der Waals surface area contributed by atoms with Crippen molar-refractivity contribution in [1.29, 1.82) is 0 Å². The minimum absolute atomic E-state index is 0.0159. The lowest BCUT2D eigenvalue weighted by Crippen LogP contribution is -2.49. The first-order chi connectivity index (χ1) is 5.64.